The molecule has 110 valence electrons. The van der Waals surface area contributed by atoms with Crippen LogP contribution in [0.15, 0.2) is 24.3 Å². The number of fused-ring (bicyclic) bond motifs is 1. The molecule has 0 spiro atoms. The van der Waals surface area contributed by atoms with E-state index in [-0.39, 0.29) is 6.10 Å². The fourth-order valence-electron chi connectivity index (χ4n) is 3.32. The topological polar surface area (TPSA) is 32.7 Å². The number of benzene rings is 1. The summed E-state index contributed by atoms with van der Waals surface area (Å²) in [4.78, 5) is 2.53. The van der Waals surface area contributed by atoms with Crippen molar-refractivity contribution in [3.05, 3.63) is 35.4 Å². The summed E-state index contributed by atoms with van der Waals surface area (Å²) in [5, 5.41) is 10.1. The molecule has 1 atom stereocenters. The van der Waals surface area contributed by atoms with Gasteiger partial charge in [0.15, 0.2) is 0 Å². The van der Waals surface area contributed by atoms with Crippen LogP contribution in [0, 0.1) is 0 Å². The maximum absolute atomic E-state index is 10.1. The Kier molecular flexibility index (Phi) is 4.39. The quantitative estimate of drug-likeness (QED) is 0.826. The minimum absolute atomic E-state index is 0.362. The van der Waals surface area contributed by atoms with E-state index in [2.05, 4.69) is 29.2 Å². The summed E-state index contributed by atoms with van der Waals surface area (Å²) in [5.74, 6) is 0. The van der Waals surface area contributed by atoms with Gasteiger partial charge in [0.25, 0.3) is 0 Å². The molecule has 1 aromatic rings. The van der Waals surface area contributed by atoms with Crippen LogP contribution in [-0.4, -0.2) is 48.0 Å². The van der Waals surface area contributed by atoms with Gasteiger partial charge in [-0.15, -0.1) is 0 Å². The van der Waals surface area contributed by atoms with Gasteiger partial charge in [-0.3, -0.25) is 4.90 Å². The van der Waals surface area contributed by atoms with Crippen molar-refractivity contribution in [3.63, 3.8) is 0 Å². The van der Waals surface area contributed by atoms with Crippen molar-refractivity contribution in [2.75, 3.05) is 19.8 Å². The van der Waals surface area contributed by atoms with Gasteiger partial charge in [-0.25, -0.2) is 0 Å². The van der Waals surface area contributed by atoms with Crippen molar-refractivity contribution >= 4 is 0 Å². The van der Waals surface area contributed by atoms with E-state index in [0.29, 0.717) is 25.3 Å². The molecule has 3 rings (SSSR count). The zero-order valence-corrected chi connectivity index (χ0v) is 12.3. The van der Waals surface area contributed by atoms with Crippen LogP contribution in [0.2, 0.25) is 0 Å². The Labute approximate surface area is 121 Å². The van der Waals surface area contributed by atoms with Crippen LogP contribution in [0.3, 0.4) is 0 Å². The van der Waals surface area contributed by atoms with Gasteiger partial charge >= 0.3 is 0 Å². The first kappa shape index (κ1) is 14.1. The maximum Gasteiger partial charge on any atom is 0.0900 e. The van der Waals surface area contributed by atoms with E-state index in [4.69, 9.17) is 4.74 Å². The van der Waals surface area contributed by atoms with Crippen molar-refractivity contribution in [3.8, 4) is 0 Å². The molecular formula is C17H25NO2. The lowest BCUT2D eigenvalue weighted by Crippen LogP contribution is -2.43. The van der Waals surface area contributed by atoms with Crippen LogP contribution in [0.4, 0.5) is 0 Å². The number of aliphatic hydroxyl groups excluding tert-OH is 1. The zero-order chi connectivity index (χ0) is 13.9. The summed E-state index contributed by atoms with van der Waals surface area (Å²) in [6, 6.07) is 10.0. The first-order valence-electron chi connectivity index (χ1n) is 7.86. The fourth-order valence-corrected chi connectivity index (χ4v) is 3.32. The van der Waals surface area contributed by atoms with Crippen molar-refractivity contribution in [1.29, 1.82) is 0 Å². The normalized spacial score (nSPS) is 20.4. The van der Waals surface area contributed by atoms with E-state index >= 15 is 0 Å². The first-order chi connectivity index (χ1) is 9.78. The number of ether oxygens (including phenoxy) is 1. The van der Waals surface area contributed by atoms with E-state index in [0.717, 1.165) is 19.4 Å². The SMILES string of the molecule is CCOCC(O)CN(C1CC1)C1Cc2ccccc2C1. The second-order valence-corrected chi connectivity index (χ2v) is 6.07. The van der Waals surface area contributed by atoms with E-state index in [1.54, 1.807) is 0 Å². The smallest absolute Gasteiger partial charge is 0.0900 e. The summed E-state index contributed by atoms with van der Waals surface area (Å²) >= 11 is 0. The fraction of sp³-hybridized carbons (Fsp3) is 0.647. The van der Waals surface area contributed by atoms with Crippen LogP contribution >= 0.6 is 0 Å². The van der Waals surface area contributed by atoms with Gasteiger partial charge in [0, 0.05) is 25.2 Å². The highest BCUT2D eigenvalue weighted by Crippen LogP contribution is 2.34. The molecule has 1 unspecified atom stereocenters. The zero-order valence-electron chi connectivity index (χ0n) is 12.3. The third-order valence-corrected chi connectivity index (χ3v) is 4.45. The van der Waals surface area contributed by atoms with Gasteiger partial charge in [-0.1, -0.05) is 24.3 Å². The van der Waals surface area contributed by atoms with Gasteiger partial charge in [0.2, 0.25) is 0 Å². The number of aliphatic hydroxyl groups is 1. The van der Waals surface area contributed by atoms with E-state index < -0.39 is 0 Å². The van der Waals surface area contributed by atoms with Gasteiger partial charge in [-0.2, -0.15) is 0 Å². The third-order valence-electron chi connectivity index (χ3n) is 4.45. The Bertz CT molecular complexity index is 419. The van der Waals surface area contributed by atoms with Crippen LogP contribution in [0.5, 0.6) is 0 Å². The second kappa shape index (κ2) is 6.25. The molecule has 0 saturated heterocycles. The standard InChI is InChI=1S/C17H25NO2/c1-2-20-12-17(19)11-18(15-7-8-15)16-9-13-5-3-4-6-14(13)10-16/h3-6,15-17,19H,2,7-12H2,1H3. The number of rotatable bonds is 7. The molecule has 3 nitrogen and oxygen atoms in total. The second-order valence-electron chi connectivity index (χ2n) is 6.07. The highest BCUT2D eigenvalue weighted by Gasteiger charge is 2.37. The molecule has 3 heteroatoms. The van der Waals surface area contributed by atoms with E-state index in [1.165, 1.54) is 24.0 Å². The lowest BCUT2D eigenvalue weighted by molar-refractivity contribution is 0.0108. The molecule has 0 radical (unpaired) electrons. The minimum atomic E-state index is -0.362. The lowest BCUT2D eigenvalue weighted by Gasteiger charge is -2.30. The molecule has 0 aromatic heterocycles. The molecule has 20 heavy (non-hydrogen) atoms. The molecule has 1 fully saturated rings. The Morgan fingerprint density at radius 3 is 2.40 bits per heavy atom. The Morgan fingerprint density at radius 2 is 1.85 bits per heavy atom. The summed E-state index contributed by atoms with van der Waals surface area (Å²) in [6.45, 7) is 3.86. The molecule has 2 aliphatic rings. The third kappa shape index (κ3) is 3.22. The molecule has 1 saturated carbocycles. The summed E-state index contributed by atoms with van der Waals surface area (Å²) < 4.78 is 5.34. The Morgan fingerprint density at radius 1 is 1.20 bits per heavy atom. The largest absolute Gasteiger partial charge is 0.389 e. The van der Waals surface area contributed by atoms with E-state index in [9.17, 15) is 5.11 Å². The van der Waals surface area contributed by atoms with Gasteiger partial charge in [0.1, 0.15) is 0 Å². The summed E-state index contributed by atoms with van der Waals surface area (Å²) in [7, 11) is 0. The van der Waals surface area contributed by atoms with Crippen molar-refractivity contribution < 1.29 is 9.84 Å². The number of hydrogen-bond acceptors (Lipinski definition) is 3. The van der Waals surface area contributed by atoms with Gasteiger partial charge in [0.05, 0.1) is 12.7 Å². The average Bonchev–Trinajstić information content (AvgIpc) is 3.20. The maximum atomic E-state index is 10.1. The monoisotopic (exact) mass is 275 g/mol. The van der Waals surface area contributed by atoms with E-state index in [1.807, 2.05) is 6.92 Å². The molecular weight excluding hydrogens is 250 g/mol. The predicted octanol–water partition coefficient (Wildman–Crippen LogP) is 2.02. The Balaban J connectivity index is 1.61. The van der Waals surface area contributed by atoms with Crippen LogP contribution in [0.25, 0.3) is 0 Å². The van der Waals surface area contributed by atoms with Crippen LogP contribution < -0.4 is 0 Å². The molecule has 2 aliphatic carbocycles. The molecule has 0 bridgehead atoms. The minimum Gasteiger partial charge on any atom is -0.389 e. The predicted molar refractivity (Wildman–Crippen MR) is 79.9 cm³/mol. The van der Waals surface area contributed by atoms with Crippen molar-refractivity contribution in [2.45, 2.75) is 50.8 Å². The van der Waals surface area contributed by atoms with Gasteiger partial charge in [-0.05, 0) is 43.7 Å². The number of hydrogen-bond donors (Lipinski definition) is 1. The summed E-state index contributed by atoms with van der Waals surface area (Å²) in [5.41, 5.74) is 2.98. The first-order valence-corrected chi connectivity index (χ1v) is 7.86. The molecule has 0 amide bonds. The molecule has 1 N–H and O–H groups in total. The number of nitrogens with zero attached hydrogens (tertiary/aromatic N) is 1. The average molecular weight is 275 g/mol. The van der Waals surface area contributed by atoms with Crippen LogP contribution in [-0.2, 0) is 17.6 Å². The van der Waals surface area contributed by atoms with Crippen molar-refractivity contribution in [1.82, 2.24) is 4.90 Å². The summed E-state index contributed by atoms with van der Waals surface area (Å²) in [6.07, 6.45) is 4.48. The highest BCUT2D eigenvalue weighted by molar-refractivity contribution is 5.33. The molecule has 0 heterocycles. The van der Waals surface area contributed by atoms with Crippen molar-refractivity contribution in [2.24, 2.45) is 0 Å². The molecule has 0 aliphatic heterocycles. The van der Waals surface area contributed by atoms with Gasteiger partial charge < -0.3 is 9.84 Å². The lowest BCUT2D eigenvalue weighted by atomic mass is 10.1. The highest BCUT2D eigenvalue weighted by atomic mass is 16.5. The molecule has 1 aromatic carbocycles. The van der Waals surface area contributed by atoms with Crippen LogP contribution in [0.1, 0.15) is 30.9 Å². The Hall–Kier alpha value is -0.900.